The van der Waals surface area contributed by atoms with Crippen LogP contribution in [-0.4, -0.2) is 9.97 Å². The molecule has 1 aliphatic heterocycles. The molecule has 0 bridgehead atoms. The molecule has 1 aliphatic carbocycles. The fourth-order valence-electron chi connectivity index (χ4n) is 5.22. The number of aromatic nitrogens is 2. The van der Waals surface area contributed by atoms with E-state index in [1.165, 1.54) is 0 Å². The van der Waals surface area contributed by atoms with Gasteiger partial charge >= 0.3 is 5.95 Å². The lowest BCUT2D eigenvalue weighted by Crippen LogP contribution is -2.41. The molecule has 7 rings (SSSR count). The fourth-order valence-corrected chi connectivity index (χ4v) is 5.22. The van der Waals surface area contributed by atoms with Crippen molar-refractivity contribution in [3.63, 3.8) is 0 Å². The van der Waals surface area contributed by atoms with Gasteiger partial charge in [0.1, 0.15) is 28.2 Å². The van der Waals surface area contributed by atoms with Gasteiger partial charge in [0.25, 0.3) is 0 Å². The lowest BCUT2D eigenvalue weighted by atomic mass is 9.68. The van der Waals surface area contributed by atoms with Crippen molar-refractivity contribution >= 4 is 22.0 Å². The number of benzene rings is 3. The average Bonchev–Trinajstić information content (AvgIpc) is 3.13. The molecule has 160 valence electrons. The number of hydrogen-bond acceptors (Lipinski definition) is 7. The number of nitrogens with zero attached hydrogens (tertiary/aromatic N) is 3. The molecule has 5 aromatic rings. The molecule has 7 heteroatoms. The Morgan fingerprint density at radius 3 is 2.44 bits per heavy atom. The third kappa shape index (κ3) is 2.07. The first-order valence-corrected chi connectivity index (χ1v) is 10.7. The molecule has 3 heterocycles. The number of nitrogens with two attached hydrogens (primary N) is 1. The van der Waals surface area contributed by atoms with Crippen molar-refractivity contribution in [3.8, 4) is 23.3 Å². The van der Waals surface area contributed by atoms with E-state index in [2.05, 4.69) is 6.07 Å². The highest BCUT2D eigenvalue weighted by molar-refractivity contribution is 5.90. The van der Waals surface area contributed by atoms with E-state index >= 15 is 0 Å². The zero-order valence-corrected chi connectivity index (χ0v) is 17.6. The third-order valence-electron chi connectivity index (χ3n) is 6.59. The highest BCUT2D eigenvalue weighted by Gasteiger charge is 2.57. The van der Waals surface area contributed by atoms with Crippen LogP contribution >= 0.6 is 0 Å². The molecule has 3 aromatic carbocycles. The smallest absolute Gasteiger partial charge is 0.300 e. The lowest BCUT2D eigenvalue weighted by Gasteiger charge is -2.34. The molecule has 0 amide bonds. The Bertz CT molecular complexity index is 1850. The van der Waals surface area contributed by atoms with Crippen molar-refractivity contribution in [1.29, 1.82) is 5.26 Å². The number of nitriles is 1. The third-order valence-corrected chi connectivity index (χ3v) is 6.59. The zero-order chi connectivity index (χ0) is 23.0. The predicted molar refractivity (Wildman–Crippen MR) is 125 cm³/mol. The number of allylic oxidation sites excluding steroid dienone is 1. The minimum atomic E-state index is -1.42. The highest BCUT2D eigenvalue weighted by atomic mass is 16.6. The molecule has 0 saturated heterocycles. The summed E-state index contributed by atoms with van der Waals surface area (Å²) in [5.74, 6) is -0.177. The van der Waals surface area contributed by atoms with Gasteiger partial charge in [-0.25, -0.2) is 9.97 Å². The molecule has 2 aromatic heterocycles. The van der Waals surface area contributed by atoms with Crippen LogP contribution in [0.1, 0.15) is 16.8 Å². The SMILES string of the molecule is N#CC1=C(N)Oc2oc3ccccc3c(=O)c2C12c1ccccc1-c1nc3ccccc3nc12. The predicted octanol–water partition coefficient (Wildman–Crippen LogP) is 4.14. The molecule has 0 fully saturated rings. The van der Waals surface area contributed by atoms with Crippen LogP contribution < -0.4 is 15.9 Å². The van der Waals surface area contributed by atoms with Gasteiger partial charge in [0, 0.05) is 5.56 Å². The van der Waals surface area contributed by atoms with Gasteiger partial charge in [0.05, 0.1) is 27.8 Å². The van der Waals surface area contributed by atoms with Crippen LogP contribution in [0, 0.1) is 11.3 Å². The van der Waals surface area contributed by atoms with Gasteiger partial charge in [0.15, 0.2) is 0 Å². The number of hydrogen-bond donors (Lipinski definition) is 1. The Hall–Kier alpha value is -4.96. The Morgan fingerprint density at radius 1 is 0.912 bits per heavy atom. The molecule has 0 radical (unpaired) electrons. The van der Waals surface area contributed by atoms with Crippen molar-refractivity contribution in [2.45, 2.75) is 5.41 Å². The van der Waals surface area contributed by atoms with Gasteiger partial charge in [0.2, 0.25) is 11.3 Å². The standard InChI is InChI=1S/C27H14N4O3/c28-13-17-25(29)34-26-21(23(32)15-8-2-6-12-20(15)33-26)27(17)16-9-3-1-7-14(16)22-24(27)31-19-11-5-4-10-18(19)30-22/h1-12H,29H2. The second kappa shape index (κ2) is 6.30. The fraction of sp³-hybridized carbons (Fsp3) is 0.0370. The van der Waals surface area contributed by atoms with Gasteiger partial charge in [-0.15, -0.1) is 0 Å². The number of ether oxygens (including phenoxy) is 1. The Morgan fingerprint density at radius 2 is 1.62 bits per heavy atom. The molecule has 2 N–H and O–H groups in total. The molecule has 1 spiro atoms. The van der Waals surface area contributed by atoms with E-state index in [-0.39, 0.29) is 28.4 Å². The van der Waals surface area contributed by atoms with Crippen molar-refractivity contribution in [1.82, 2.24) is 9.97 Å². The van der Waals surface area contributed by atoms with Gasteiger partial charge in [-0.2, -0.15) is 5.26 Å². The molecule has 1 atom stereocenters. The van der Waals surface area contributed by atoms with E-state index in [4.69, 9.17) is 24.9 Å². The van der Waals surface area contributed by atoms with Crippen LogP contribution in [0.15, 0.2) is 93.5 Å². The van der Waals surface area contributed by atoms with Gasteiger partial charge in [-0.3, -0.25) is 4.79 Å². The van der Waals surface area contributed by atoms with Crippen molar-refractivity contribution in [2.24, 2.45) is 5.73 Å². The zero-order valence-electron chi connectivity index (χ0n) is 17.6. The molecule has 7 nitrogen and oxygen atoms in total. The Kier molecular flexibility index (Phi) is 3.45. The van der Waals surface area contributed by atoms with Crippen molar-refractivity contribution < 1.29 is 9.15 Å². The second-order valence-corrected chi connectivity index (χ2v) is 8.25. The van der Waals surface area contributed by atoms with E-state index in [1.807, 2.05) is 48.5 Å². The first-order chi connectivity index (χ1) is 16.6. The molecule has 0 saturated carbocycles. The Balaban J connectivity index is 1.75. The lowest BCUT2D eigenvalue weighted by molar-refractivity contribution is 0.287. The molecule has 1 unspecified atom stereocenters. The van der Waals surface area contributed by atoms with Crippen LogP contribution in [0.2, 0.25) is 0 Å². The van der Waals surface area contributed by atoms with E-state index in [0.717, 1.165) is 5.56 Å². The monoisotopic (exact) mass is 442 g/mol. The summed E-state index contributed by atoms with van der Waals surface area (Å²) in [5, 5.41) is 10.7. The quantitative estimate of drug-likeness (QED) is 0.383. The molecular weight excluding hydrogens is 428 g/mol. The normalized spacial score (nSPS) is 17.9. The maximum Gasteiger partial charge on any atom is 0.300 e. The van der Waals surface area contributed by atoms with Crippen LogP contribution in [0.3, 0.4) is 0 Å². The minimum absolute atomic E-state index is 0.0437. The van der Waals surface area contributed by atoms with Crippen LogP contribution in [0.25, 0.3) is 33.3 Å². The summed E-state index contributed by atoms with van der Waals surface area (Å²) >= 11 is 0. The van der Waals surface area contributed by atoms with Crippen LogP contribution in [0.5, 0.6) is 5.95 Å². The van der Waals surface area contributed by atoms with Gasteiger partial charge in [-0.05, 0) is 29.8 Å². The highest BCUT2D eigenvalue weighted by Crippen LogP contribution is 2.58. The van der Waals surface area contributed by atoms with Gasteiger partial charge in [-0.1, -0.05) is 48.5 Å². The number of rotatable bonds is 0. The maximum absolute atomic E-state index is 14.0. The van der Waals surface area contributed by atoms with Crippen molar-refractivity contribution in [2.75, 3.05) is 0 Å². The number of fused-ring (bicyclic) bond motifs is 9. The van der Waals surface area contributed by atoms with Crippen LogP contribution in [-0.2, 0) is 5.41 Å². The largest absolute Gasteiger partial charge is 0.425 e. The maximum atomic E-state index is 14.0. The second-order valence-electron chi connectivity index (χ2n) is 8.25. The van der Waals surface area contributed by atoms with E-state index in [9.17, 15) is 10.1 Å². The molecule has 2 aliphatic rings. The van der Waals surface area contributed by atoms with Gasteiger partial charge < -0.3 is 14.9 Å². The molecule has 34 heavy (non-hydrogen) atoms. The van der Waals surface area contributed by atoms with Crippen molar-refractivity contribution in [3.05, 3.63) is 111 Å². The first kappa shape index (κ1) is 18.6. The van der Waals surface area contributed by atoms with E-state index in [0.29, 0.717) is 39.0 Å². The first-order valence-electron chi connectivity index (χ1n) is 10.7. The summed E-state index contributed by atoms with van der Waals surface area (Å²) in [5.41, 5.74) is 9.06. The van der Waals surface area contributed by atoms with E-state index in [1.54, 1.807) is 24.3 Å². The summed E-state index contributed by atoms with van der Waals surface area (Å²) in [4.78, 5) is 23.9. The summed E-state index contributed by atoms with van der Waals surface area (Å²) in [7, 11) is 0. The Labute approximate surface area is 192 Å². The minimum Gasteiger partial charge on any atom is -0.425 e. The average molecular weight is 442 g/mol. The summed E-state index contributed by atoms with van der Waals surface area (Å²) in [6.07, 6.45) is 0. The molecular formula is C27H14N4O3. The number of para-hydroxylation sites is 3. The topological polar surface area (TPSA) is 115 Å². The summed E-state index contributed by atoms with van der Waals surface area (Å²) in [6.45, 7) is 0. The van der Waals surface area contributed by atoms with E-state index < -0.39 is 5.41 Å². The van der Waals surface area contributed by atoms with Crippen LogP contribution in [0.4, 0.5) is 0 Å². The summed E-state index contributed by atoms with van der Waals surface area (Å²) < 4.78 is 11.8. The summed E-state index contributed by atoms with van der Waals surface area (Å²) in [6, 6.07) is 24.2.